The number of esters is 3. The van der Waals surface area contributed by atoms with Gasteiger partial charge in [-0.2, -0.15) is 0 Å². The Hall–Kier alpha value is -1.63. The predicted octanol–water partition coefficient (Wildman–Crippen LogP) is 1.04. The van der Waals surface area contributed by atoms with Crippen molar-refractivity contribution in [3.63, 3.8) is 0 Å². The molecular formula is C14H22O7. The summed E-state index contributed by atoms with van der Waals surface area (Å²) >= 11 is 0. The van der Waals surface area contributed by atoms with Gasteiger partial charge in [0.2, 0.25) is 6.29 Å². The third-order valence-electron chi connectivity index (χ3n) is 3.49. The molecule has 0 radical (unpaired) electrons. The van der Waals surface area contributed by atoms with Crippen molar-refractivity contribution >= 4 is 17.9 Å². The smallest absolute Gasteiger partial charge is 0.304 e. The average Bonchev–Trinajstić information content (AvgIpc) is 2.35. The number of carbonyl (C=O) groups excluding carboxylic acids is 3. The number of hydrogen-bond acceptors (Lipinski definition) is 7. The molecule has 0 aromatic heterocycles. The van der Waals surface area contributed by atoms with E-state index in [1.54, 1.807) is 0 Å². The molecule has 0 amide bonds. The Morgan fingerprint density at radius 1 is 0.905 bits per heavy atom. The molecule has 0 spiro atoms. The van der Waals surface area contributed by atoms with E-state index in [9.17, 15) is 14.4 Å². The second-order valence-electron chi connectivity index (χ2n) is 5.25. The summed E-state index contributed by atoms with van der Waals surface area (Å²) in [5, 5.41) is 0. The molecule has 0 saturated carbocycles. The highest BCUT2D eigenvalue weighted by atomic mass is 16.7. The second-order valence-corrected chi connectivity index (χ2v) is 5.25. The van der Waals surface area contributed by atoms with Crippen molar-refractivity contribution in [2.75, 3.05) is 6.61 Å². The largest absolute Gasteiger partial charge is 0.463 e. The summed E-state index contributed by atoms with van der Waals surface area (Å²) in [6.07, 6.45) is -2.00. The quantitative estimate of drug-likeness (QED) is 0.566. The molecule has 0 N–H and O–H groups in total. The van der Waals surface area contributed by atoms with Gasteiger partial charge in [0.25, 0.3) is 0 Å². The van der Waals surface area contributed by atoms with Gasteiger partial charge in [-0.05, 0) is 0 Å². The van der Waals surface area contributed by atoms with Gasteiger partial charge in [-0.1, -0.05) is 13.8 Å². The van der Waals surface area contributed by atoms with E-state index in [0.29, 0.717) is 0 Å². The Morgan fingerprint density at radius 2 is 1.48 bits per heavy atom. The standard InChI is InChI=1S/C14H22O7/c1-7-8(2)14(20-11(5)17)21-12(6-18-9(3)15)13(7)19-10(4)16/h7-8,12-14H,6H2,1-5H3/t7-,8-,12-,13-,14-/m1/s1. The van der Waals surface area contributed by atoms with Gasteiger partial charge in [-0.3, -0.25) is 14.4 Å². The number of rotatable bonds is 4. The minimum Gasteiger partial charge on any atom is -0.463 e. The number of ether oxygens (including phenoxy) is 4. The van der Waals surface area contributed by atoms with E-state index in [-0.39, 0.29) is 18.4 Å². The highest BCUT2D eigenvalue weighted by Crippen LogP contribution is 2.33. The molecule has 120 valence electrons. The van der Waals surface area contributed by atoms with E-state index in [0.717, 1.165) is 0 Å². The van der Waals surface area contributed by atoms with Crippen LogP contribution < -0.4 is 0 Å². The summed E-state index contributed by atoms with van der Waals surface area (Å²) in [6.45, 7) is 7.52. The summed E-state index contributed by atoms with van der Waals surface area (Å²) in [5.74, 6) is -1.65. The van der Waals surface area contributed by atoms with Gasteiger partial charge in [0.15, 0.2) is 0 Å². The van der Waals surface area contributed by atoms with Crippen LogP contribution in [0, 0.1) is 11.8 Å². The van der Waals surface area contributed by atoms with Gasteiger partial charge < -0.3 is 18.9 Å². The maximum absolute atomic E-state index is 11.2. The Bertz CT molecular complexity index is 406. The Labute approximate surface area is 123 Å². The molecule has 0 unspecified atom stereocenters. The van der Waals surface area contributed by atoms with Crippen LogP contribution in [0.4, 0.5) is 0 Å². The monoisotopic (exact) mass is 302 g/mol. The molecule has 0 aromatic rings. The zero-order valence-electron chi connectivity index (χ0n) is 13.0. The molecular weight excluding hydrogens is 280 g/mol. The molecule has 7 heteroatoms. The molecule has 7 nitrogen and oxygen atoms in total. The van der Waals surface area contributed by atoms with Crippen LogP contribution >= 0.6 is 0 Å². The molecule has 1 heterocycles. The Kier molecular flexibility index (Phi) is 6.14. The Morgan fingerprint density at radius 3 is 1.95 bits per heavy atom. The summed E-state index contributed by atoms with van der Waals surface area (Å²) in [7, 11) is 0. The van der Waals surface area contributed by atoms with Crippen molar-refractivity contribution in [1.29, 1.82) is 0 Å². The molecule has 1 rings (SSSR count). The van der Waals surface area contributed by atoms with E-state index in [2.05, 4.69) is 0 Å². The first kappa shape index (κ1) is 17.4. The molecule has 5 atom stereocenters. The lowest BCUT2D eigenvalue weighted by atomic mass is 9.84. The lowest BCUT2D eigenvalue weighted by Gasteiger charge is -2.42. The number of carbonyl (C=O) groups is 3. The zero-order chi connectivity index (χ0) is 16.2. The maximum Gasteiger partial charge on any atom is 0.304 e. The summed E-state index contributed by atoms with van der Waals surface area (Å²) in [4.78, 5) is 33.3. The zero-order valence-corrected chi connectivity index (χ0v) is 13.0. The molecule has 1 aliphatic rings. The van der Waals surface area contributed by atoms with Crippen LogP contribution in [0.25, 0.3) is 0 Å². The van der Waals surface area contributed by atoms with Crippen LogP contribution in [0.1, 0.15) is 34.6 Å². The van der Waals surface area contributed by atoms with Gasteiger partial charge in [-0.25, -0.2) is 0 Å². The first-order valence-corrected chi connectivity index (χ1v) is 6.85. The minimum atomic E-state index is -0.759. The lowest BCUT2D eigenvalue weighted by Crippen LogP contribution is -2.53. The molecule has 1 fully saturated rings. The maximum atomic E-state index is 11.2. The van der Waals surface area contributed by atoms with Crippen LogP contribution in [0.2, 0.25) is 0 Å². The lowest BCUT2D eigenvalue weighted by molar-refractivity contribution is -0.265. The van der Waals surface area contributed by atoms with E-state index in [4.69, 9.17) is 18.9 Å². The van der Waals surface area contributed by atoms with E-state index < -0.39 is 36.4 Å². The molecule has 21 heavy (non-hydrogen) atoms. The third-order valence-corrected chi connectivity index (χ3v) is 3.49. The van der Waals surface area contributed by atoms with Gasteiger partial charge in [0.05, 0.1) is 0 Å². The third kappa shape index (κ3) is 5.00. The SMILES string of the molecule is CC(=O)OC[C@H]1O[C@@H](OC(C)=O)[C@H](C)[C@@H](C)[C@H]1OC(C)=O. The van der Waals surface area contributed by atoms with Crippen LogP contribution in [-0.4, -0.2) is 43.0 Å². The average molecular weight is 302 g/mol. The van der Waals surface area contributed by atoms with E-state index in [1.807, 2.05) is 13.8 Å². The summed E-state index contributed by atoms with van der Waals surface area (Å²) in [6, 6.07) is 0. The Balaban J connectivity index is 2.86. The minimum absolute atomic E-state index is 0.0674. The van der Waals surface area contributed by atoms with Crippen molar-refractivity contribution in [2.45, 2.75) is 53.1 Å². The topological polar surface area (TPSA) is 88.1 Å². The van der Waals surface area contributed by atoms with E-state index >= 15 is 0 Å². The predicted molar refractivity (Wildman–Crippen MR) is 70.9 cm³/mol. The summed E-state index contributed by atoms with van der Waals surface area (Å²) < 4.78 is 21.0. The van der Waals surface area contributed by atoms with Crippen molar-refractivity contribution in [2.24, 2.45) is 11.8 Å². The first-order chi connectivity index (χ1) is 9.72. The highest BCUT2D eigenvalue weighted by molar-refractivity contribution is 5.67. The molecule has 0 aromatic carbocycles. The normalized spacial score (nSPS) is 32.1. The highest BCUT2D eigenvalue weighted by Gasteiger charge is 2.45. The summed E-state index contributed by atoms with van der Waals surface area (Å²) in [5.41, 5.74) is 0. The van der Waals surface area contributed by atoms with Gasteiger partial charge in [-0.15, -0.1) is 0 Å². The van der Waals surface area contributed by atoms with Gasteiger partial charge >= 0.3 is 17.9 Å². The van der Waals surface area contributed by atoms with Crippen molar-refractivity contribution in [3.05, 3.63) is 0 Å². The fraction of sp³-hybridized carbons (Fsp3) is 0.786. The van der Waals surface area contributed by atoms with Crippen molar-refractivity contribution in [1.82, 2.24) is 0 Å². The van der Waals surface area contributed by atoms with Crippen molar-refractivity contribution < 1.29 is 33.3 Å². The first-order valence-electron chi connectivity index (χ1n) is 6.85. The molecule has 0 aliphatic carbocycles. The second kappa shape index (κ2) is 7.40. The van der Waals surface area contributed by atoms with Crippen molar-refractivity contribution in [3.8, 4) is 0 Å². The fourth-order valence-electron chi connectivity index (χ4n) is 2.27. The fourth-order valence-corrected chi connectivity index (χ4v) is 2.27. The van der Waals surface area contributed by atoms with Crippen LogP contribution in [-0.2, 0) is 33.3 Å². The van der Waals surface area contributed by atoms with Gasteiger partial charge in [0.1, 0.15) is 18.8 Å². The molecule has 1 aliphatic heterocycles. The van der Waals surface area contributed by atoms with Crippen LogP contribution in [0.5, 0.6) is 0 Å². The van der Waals surface area contributed by atoms with Crippen LogP contribution in [0.3, 0.4) is 0 Å². The molecule has 1 saturated heterocycles. The van der Waals surface area contributed by atoms with Crippen LogP contribution in [0.15, 0.2) is 0 Å². The molecule has 0 bridgehead atoms. The van der Waals surface area contributed by atoms with Gasteiger partial charge in [0, 0.05) is 32.6 Å². The van der Waals surface area contributed by atoms with E-state index in [1.165, 1.54) is 20.8 Å². The number of hydrogen-bond donors (Lipinski definition) is 0.